The Hall–Kier alpha value is -1.30. The van der Waals surface area contributed by atoms with E-state index in [-0.39, 0.29) is 17.4 Å². The van der Waals surface area contributed by atoms with Gasteiger partial charge in [-0.1, -0.05) is 31.0 Å². The van der Waals surface area contributed by atoms with Crippen molar-refractivity contribution in [2.45, 2.75) is 49.8 Å². The number of hydrogen-bond donors (Lipinski definition) is 1. The fraction of sp³-hybridized carbons (Fsp3) is 0.643. The van der Waals surface area contributed by atoms with Crippen LogP contribution < -0.4 is 10.9 Å². The van der Waals surface area contributed by atoms with E-state index in [2.05, 4.69) is 10.3 Å². The van der Waals surface area contributed by atoms with Gasteiger partial charge in [-0.15, -0.1) is 0 Å². The van der Waals surface area contributed by atoms with Crippen LogP contribution in [0, 0.1) is 5.92 Å². The Morgan fingerprint density at radius 1 is 1.35 bits per heavy atom. The fourth-order valence-corrected chi connectivity index (χ4v) is 3.94. The van der Waals surface area contributed by atoms with E-state index in [1.54, 1.807) is 4.57 Å². The molecule has 1 fully saturated rings. The third-order valence-corrected chi connectivity index (χ3v) is 5.19. The summed E-state index contributed by atoms with van der Waals surface area (Å²) in [6.45, 7) is 0.452. The summed E-state index contributed by atoms with van der Waals surface area (Å²) in [6, 6.07) is 1.78. The molecule has 2 aliphatic rings. The van der Waals surface area contributed by atoms with E-state index in [1.807, 2.05) is 0 Å². The molecule has 6 heteroatoms. The van der Waals surface area contributed by atoms with Crippen LogP contribution in [0.3, 0.4) is 0 Å². The lowest BCUT2D eigenvalue weighted by Crippen LogP contribution is -2.44. The Bertz CT molecular complexity index is 552. The first kappa shape index (κ1) is 13.7. The Morgan fingerprint density at radius 2 is 2.15 bits per heavy atom. The van der Waals surface area contributed by atoms with Gasteiger partial charge in [-0.05, 0) is 12.8 Å². The van der Waals surface area contributed by atoms with Crippen molar-refractivity contribution in [2.75, 3.05) is 5.75 Å². The van der Waals surface area contributed by atoms with Crippen molar-refractivity contribution in [1.82, 2.24) is 14.9 Å². The molecule has 1 aliphatic carbocycles. The highest BCUT2D eigenvalue weighted by Gasteiger charge is 2.28. The highest BCUT2D eigenvalue weighted by atomic mass is 32.2. The van der Waals surface area contributed by atoms with Crippen LogP contribution in [-0.4, -0.2) is 27.3 Å². The van der Waals surface area contributed by atoms with E-state index in [0.29, 0.717) is 18.3 Å². The van der Waals surface area contributed by atoms with Gasteiger partial charge >= 0.3 is 0 Å². The van der Waals surface area contributed by atoms with E-state index in [9.17, 15) is 9.59 Å². The van der Waals surface area contributed by atoms with Crippen LogP contribution in [0.4, 0.5) is 0 Å². The number of fused-ring (bicyclic) bond motifs is 1. The maximum Gasteiger partial charge on any atom is 0.254 e. The predicted molar refractivity (Wildman–Crippen MR) is 77.7 cm³/mol. The summed E-state index contributed by atoms with van der Waals surface area (Å²) >= 11 is 1.49. The van der Waals surface area contributed by atoms with Gasteiger partial charge in [-0.2, -0.15) is 0 Å². The van der Waals surface area contributed by atoms with Crippen LogP contribution >= 0.6 is 11.8 Å². The third kappa shape index (κ3) is 2.90. The molecule has 0 spiro atoms. The first-order chi connectivity index (χ1) is 9.74. The highest BCUT2D eigenvalue weighted by Crippen LogP contribution is 2.25. The molecule has 2 heterocycles. The summed E-state index contributed by atoms with van der Waals surface area (Å²) in [5.41, 5.74) is -0.0716. The van der Waals surface area contributed by atoms with Gasteiger partial charge in [0.15, 0.2) is 5.16 Å². The molecule has 3 rings (SSSR count). The van der Waals surface area contributed by atoms with E-state index in [0.717, 1.165) is 18.0 Å². The smallest absolute Gasteiger partial charge is 0.254 e. The Labute approximate surface area is 122 Å². The number of nitrogens with zero attached hydrogens (tertiary/aromatic N) is 2. The maximum absolute atomic E-state index is 12.3. The summed E-state index contributed by atoms with van der Waals surface area (Å²) in [6.07, 6.45) is 7.39. The highest BCUT2D eigenvalue weighted by molar-refractivity contribution is 7.99. The number of hydrogen-bond acceptors (Lipinski definition) is 4. The number of aromatic nitrogens is 2. The minimum Gasteiger partial charge on any atom is -0.353 e. The molecule has 1 saturated carbocycles. The van der Waals surface area contributed by atoms with Crippen molar-refractivity contribution in [3.63, 3.8) is 0 Å². The number of rotatable bonds is 2. The molecular formula is C14H19N3O2S. The average Bonchev–Trinajstić information content (AvgIpc) is 2.48. The van der Waals surface area contributed by atoms with E-state index in [4.69, 9.17) is 0 Å². The molecule has 20 heavy (non-hydrogen) atoms. The molecule has 1 aliphatic heterocycles. The second-order valence-corrected chi connectivity index (χ2v) is 6.51. The second-order valence-electron chi connectivity index (χ2n) is 5.53. The van der Waals surface area contributed by atoms with E-state index in [1.165, 1.54) is 43.3 Å². The number of amides is 1. The summed E-state index contributed by atoms with van der Waals surface area (Å²) in [5.74, 6) is 0.664. The van der Waals surface area contributed by atoms with Gasteiger partial charge in [0.05, 0.1) is 5.92 Å². The molecule has 1 amide bonds. The topological polar surface area (TPSA) is 64.0 Å². The molecule has 1 unspecified atom stereocenters. The Morgan fingerprint density at radius 3 is 2.95 bits per heavy atom. The normalized spacial score (nSPS) is 23.1. The van der Waals surface area contributed by atoms with Gasteiger partial charge in [0.25, 0.3) is 5.56 Å². The first-order valence-corrected chi connectivity index (χ1v) is 8.21. The second kappa shape index (κ2) is 5.99. The van der Waals surface area contributed by atoms with E-state index >= 15 is 0 Å². The van der Waals surface area contributed by atoms with Crippen LogP contribution in [0.1, 0.15) is 32.1 Å². The molecule has 108 valence electrons. The lowest BCUT2D eigenvalue weighted by atomic mass is 9.95. The fourth-order valence-electron chi connectivity index (χ4n) is 2.87. The lowest BCUT2D eigenvalue weighted by Gasteiger charge is -2.28. The van der Waals surface area contributed by atoms with Crippen LogP contribution in [0.5, 0.6) is 0 Å². The van der Waals surface area contributed by atoms with Crippen molar-refractivity contribution >= 4 is 17.7 Å². The van der Waals surface area contributed by atoms with Crippen molar-refractivity contribution in [3.8, 4) is 0 Å². The zero-order valence-corrected chi connectivity index (χ0v) is 12.2. The van der Waals surface area contributed by atoms with Gasteiger partial charge < -0.3 is 5.32 Å². The molecule has 0 bridgehead atoms. The zero-order chi connectivity index (χ0) is 13.9. The number of carbonyl (C=O) groups excluding carboxylic acids is 1. The number of carbonyl (C=O) groups is 1. The number of thioether (sulfide) groups is 1. The van der Waals surface area contributed by atoms with Gasteiger partial charge in [0, 0.05) is 30.6 Å². The quantitative estimate of drug-likeness (QED) is 0.838. The first-order valence-electron chi connectivity index (χ1n) is 7.23. The molecule has 1 aromatic rings. The monoisotopic (exact) mass is 293 g/mol. The molecule has 5 nitrogen and oxygen atoms in total. The molecule has 0 saturated heterocycles. The molecule has 1 atom stereocenters. The standard InChI is InChI=1S/C14H19N3O2S/c18-12-6-7-15-14-17(12)8-10(9-20-14)13(19)16-11-4-2-1-3-5-11/h6-7,10-11H,1-5,8-9H2,(H,16,19). The summed E-state index contributed by atoms with van der Waals surface area (Å²) in [7, 11) is 0. The molecule has 1 N–H and O–H groups in total. The third-order valence-electron chi connectivity index (χ3n) is 4.04. The maximum atomic E-state index is 12.3. The minimum atomic E-state index is -0.128. The van der Waals surface area contributed by atoms with Gasteiger partial charge in [0.2, 0.25) is 5.91 Å². The predicted octanol–water partition coefficient (Wildman–Crippen LogP) is 1.41. The number of nitrogens with one attached hydrogen (secondary N) is 1. The SMILES string of the molecule is O=C(NC1CCCCC1)C1CSc2nccc(=O)n2C1. The largest absolute Gasteiger partial charge is 0.353 e. The molecule has 1 aromatic heterocycles. The van der Waals surface area contributed by atoms with Gasteiger partial charge in [-0.25, -0.2) is 4.98 Å². The molecule has 0 aromatic carbocycles. The summed E-state index contributed by atoms with van der Waals surface area (Å²) in [5, 5.41) is 3.87. The van der Waals surface area contributed by atoms with Gasteiger partial charge in [-0.3, -0.25) is 14.2 Å². The van der Waals surface area contributed by atoms with E-state index < -0.39 is 0 Å². The van der Waals surface area contributed by atoms with Crippen molar-refractivity contribution < 1.29 is 4.79 Å². The van der Waals surface area contributed by atoms with Crippen molar-refractivity contribution in [1.29, 1.82) is 0 Å². The van der Waals surface area contributed by atoms with Crippen LogP contribution in [-0.2, 0) is 11.3 Å². The Kier molecular flexibility index (Phi) is 4.10. The van der Waals surface area contributed by atoms with Crippen molar-refractivity contribution in [3.05, 3.63) is 22.6 Å². The lowest BCUT2D eigenvalue weighted by molar-refractivity contribution is -0.125. The summed E-state index contributed by atoms with van der Waals surface area (Å²) in [4.78, 5) is 28.3. The molecular weight excluding hydrogens is 274 g/mol. The van der Waals surface area contributed by atoms with Gasteiger partial charge in [0.1, 0.15) is 0 Å². The van der Waals surface area contributed by atoms with Crippen LogP contribution in [0.2, 0.25) is 0 Å². The summed E-state index contributed by atoms with van der Waals surface area (Å²) < 4.78 is 1.61. The average molecular weight is 293 g/mol. The van der Waals surface area contributed by atoms with Crippen LogP contribution in [0.25, 0.3) is 0 Å². The van der Waals surface area contributed by atoms with Crippen molar-refractivity contribution in [2.24, 2.45) is 5.92 Å². The van der Waals surface area contributed by atoms with Crippen LogP contribution in [0.15, 0.2) is 22.2 Å². The Balaban J connectivity index is 1.65. The minimum absolute atomic E-state index is 0.0716. The zero-order valence-electron chi connectivity index (χ0n) is 11.4. The molecule has 0 radical (unpaired) electrons.